The molecule has 0 saturated carbocycles. The predicted octanol–water partition coefficient (Wildman–Crippen LogP) is 2.44. The van der Waals surface area contributed by atoms with Crippen LogP contribution in [0.4, 0.5) is 0 Å². The molecule has 0 radical (unpaired) electrons. The predicted molar refractivity (Wildman–Crippen MR) is 79.4 cm³/mol. The molecule has 2 rings (SSSR count). The molecule has 1 heterocycles. The van der Waals surface area contributed by atoms with Crippen molar-refractivity contribution >= 4 is 0 Å². The third-order valence-electron chi connectivity index (χ3n) is 3.95. The number of imidazole rings is 1. The number of hydrogen-bond acceptors (Lipinski definition) is 2. The number of nitrogens with zero attached hydrogens (tertiary/aromatic N) is 2. The van der Waals surface area contributed by atoms with E-state index in [1.165, 1.54) is 22.4 Å². The van der Waals surface area contributed by atoms with Crippen LogP contribution >= 0.6 is 0 Å². The second kappa shape index (κ2) is 5.57. The van der Waals surface area contributed by atoms with Crippen molar-refractivity contribution in [1.29, 1.82) is 0 Å². The van der Waals surface area contributed by atoms with Gasteiger partial charge in [-0.3, -0.25) is 0 Å². The first-order valence-electron chi connectivity index (χ1n) is 6.80. The molecule has 3 heteroatoms. The molecule has 0 spiro atoms. The van der Waals surface area contributed by atoms with Gasteiger partial charge in [0.05, 0.1) is 5.69 Å². The highest BCUT2D eigenvalue weighted by molar-refractivity contribution is 5.36. The van der Waals surface area contributed by atoms with Gasteiger partial charge in [-0.15, -0.1) is 0 Å². The molecule has 3 nitrogen and oxygen atoms in total. The Balaban J connectivity index is 2.36. The lowest BCUT2D eigenvalue weighted by Crippen LogP contribution is -2.09. The molecule has 0 saturated heterocycles. The van der Waals surface area contributed by atoms with Gasteiger partial charge in [0.25, 0.3) is 0 Å². The highest BCUT2D eigenvalue weighted by Gasteiger charge is 2.12. The van der Waals surface area contributed by atoms with Crippen molar-refractivity contribution < 1.29 is 0 Å². The third-order valence-corrected chi connectivity index (χ3v) is 3.95. The molecular formula is C16H23N3. The van der Waals surface area contributed by atoms with E-state index in [0.717, 1.165) is 24.4 Å². The van der Waals surface area contributed by atoms with Crippen LogP contribution in [0.1, 0.15) is 33.9 Å². The quantitative estimate of drug-likeness (QED) is 0.914. The van der Waals surface area contributed by atoms with Gasteiger partial charge < -0.3 is 10.3 Å². The van der Waals surface area contributed by atoms with Crippen LogP contribution < -0.4 is 5.73 Å². The number of rotatable bonds is 4. The van der Waals surface area contributed by atoms with E-state index >= 15 is 0 Å². The van der Waals surface area contributed by atoms with Crippen molar-refractivity contribution in [2.45, 2.75) is 33.6 Å². The van der Waals surface area contributed by atoms with Crippen molar-refractivity contribution in [3.63, 3.8) is 0 Å². The molecular weight excluding hydrogens is 234 g/mol. The minimum absolute atomic E-state index is 0.646. The van der Waals surface area contributed by atoms with Crippen LogP contribution in [0.5, 0.6) is 0 Å². The molecule has 0 aliphatic carbocycles. The van der Waals surface area contributed by atoms with E-state index in [4.69, 9.17) is 5.73 Å². The van der Waals surface area contributed by atoms with Gasteiger partial charge >= 0.3 is 0 Å². The van der Waals surface area contributed by atoms with Crippen molar-refractivity contribution in [3.05, 3.63) is 52.1 Å². The molecule has 1 aromatic carbocycles. The van der Waals surface area contributed by atoms with Crippen LogP contribution in [0.2, 0.25) is 0 Å². The summed E-state index contributed by atoms with van der Waals surface area (Å²) in [6.07, 6.45) is 1.78. The first-order chi connectivity index (χ1) is 9.04. The van der Waals surface area contributed by atoms with Crippen LogP contribution in [-0.2, 0) is 19.9 Å². The Hall–Kier alpha value is -1.61. The molecule has 0 aliphatic rings. The Bertz CT molecular complexity index is 582. The summed E-state index contributed by atoms with van der Waals surface area (Å²) in [5, 5.41) is 0. The maximum absolute atomic E-state index is 5.63. The molecule has 2 aromatic rings. The van der Waals surface area contributed by atoms with Gasteiger partial charge in [0.2, 0.25) is 0 Å². The first kappa shape index (κ1) is 13.8. The van der Waals surface area contributed by atoms with E-state index in [2.05, 4.69) is 55.6 Å². The zero-order valence-corrected chi connectivity index (χ0v) is 12.3. The lowest BCUT2D eigenvalue weighted by molar-refractivity contribution is 0.749. The maximum atomic E-state index is 5.63. The minimum atomic E-state index is 0.646. The largest absolute Gasteiger partial charge is 0.334 e. The van der Waals surface area contributed by atoms with Gasteiger partial charge in [0, 0.05) is 25.6 Å². The monoisotopic (exact) mass is 257 g/mol. The number of benzene rings is 1. The fourth-order valence-electron chi connectivity index (χ4n) is 2.51. The highest BCUT2D eigenvalue weighted by atomic mass is 15.1. The topological polar surface area (TPSA) is 43.8 Å². The molecule has 19 heavy (non-hydrogen) atoms. The van der Waals surface area contributed by atoms with Crippen LogP contribution in [-0.4, -0.2) is 16.1 Å². The smallest absolute Gasteiger partial charge is 0.110 e. The first-order valence-corrected chi connectivity index (χ1v) is 6.80. The van der Waals surface area contributed by atoms with Gasteiger partial charge in [-0.05, 0) is 44.0 Å². The molecule has 0 atom stereocenters. The number of aryl methyl sites for hydroxylation is 2. The molecule has 1 aromatic heterocycles. The van der Waals surface area contributed by atoms with E-state index < -0.39 is 0 Å². The Morgan fingerprint density at radius 2 is 1.95 bits per heavy atom. The normalized spacial score (nSPS) is 11.0. The van der Waals surface area contributed by atoms with Crippen molar-refractivity contribution in [2.75, 3.05) is 6.54 Å². The van der Waals surface area contributed by atoms with E-state index in [1.807, 2.05) is 0 Å². The Morgan fingerprint density at radius 1 is 1.21 bits per heavy atom. The lowest BCUT2D eigenvalue weighted by atomic mass is 9.99. The summed E-state index contributed by atoms with van der Waals surface area (Å²) >= 11 is 0. The molecule has 102 valence electrons. The summed E-state index contributed by atoms with van der Waals surface area (Å²) < 4.78 is 2.20. The van der Waals surface area contributed by atoms with Gasteiger partial charge in [-0.1, -0.05) is 18.2 Å². The second-order valence-corrected chi connectivity index (χ2v) is 5.19. The lowest BCUT2D eigenvalue weighted by Gasteiger charge is -2.10. The fourth-order valence-corrected chi connectivity index (χ4v) is 2.51. The van der Waals surface area contributed by atoms with E-state index in [1.54, 1.807) is 0 Å². The average molecular weight is 257 g/mol. The van der Waals surface area contributed by atoms with Crippen LogP contribution in [0.3, 0.4) is 0 Å². The Morgan fingerprint density at radius 3 is 2.63 bits per heavy atom. The van der Waals surface area contributed by atoms with Gasteiger partial charge in [0.15, 0.2) is 0 Å². The molecule has 0 fully saturated rings. The van der Waals surface area contributed by atoms with Crippen molar-refractivity contribution in [2.24, 2.45) is 12.8 Å². The zero-order chi connectivity index (χ0) is 14.0. The Kier molecular flexibility index (Phi) is 4.05. The average Bonchev–Trinajstić information content (AvgIpc) is 2.63. The van der Waals surface area contributed by atoms with Crippen molar-refractivity contribution in [1.82, 2.24) is 9.55 Å². The van der Waals surface area contributed by atoms with Gasteiger partial charge in [-0.25, -0.2) is 4.98 Å². The van der Waals surface area contributed by atoms with E-state index in [0.29, 0.717) is 6.54 Å². The van der Waals surface area contributed by atoms with Crippen molar-refractivity contribution in [3.8, 4) is 0 Å². The summed E-state index contributed by atoms with van der Waals surface area (Å²) in [4.78, 5) is 4.63. The van der Waals surface area contributed by atoms with E-state index in [-0.39, 0.29) is 0 Å². The number of hydrogen-bond donors (Lipinski definition) is 1. The maximum Gasteiger partial charge on any atom is 0.110 e. The molecule has 0 bridgehead atoms. The molecule has 2 N–H and O–H groups in total. The van der Waals surface area contributed by atoms with Gasteiger partial charge in [0.1, 0.15) is 5.82 Å². The molecule has 0 aliphatic heterocycles. The third kappa shape index (κ3) is 2.71. The SMILES string of the molecule is Cc1cccc(Cc2c(C)nc(CCN)n2C)c1C. The fraction of sp³-hybridized carbons (Fsp3) is 0.438. The summed E-state index contributed by atoms with van der Waals surface area (Å²) in [5.41, 5.74) is 12.1. The van der Waals surface area contributed by atoms with Gasteiger partial charge in [-0.2, -0.15) is 0 Å². The van der Waals surface area contributed by atoms with Crippen LogP contribution in [0, 0.1) is 20.8 Å². The summed E-state index contributed by atoms with van der Waals surface area (Å²) in [6.45, 7) is 7.08. The minimum Gasteiger partial charge on any atom is -0.334 e. The summed E-state index contributed by atoms with van der Waals surface area (Å²) in [6, 6.07) is 6.50. The van der Waals surface area contributed by atoms with Crippen LogP contribution in [0.15, 0.2) is 18.2 Å². The zero-order valence-electron chi connectivity index (χ0n) is 12.3. The summed E-state index contributed by atoms with van der Waals surface area (Å²) in [7, 11) is 2.09. The van der Waals surface area contributed by atoms with E-state index in [9.17, 15) is 0 Å². The van der Waals surface area contributed by atoms with Crippen LogP contribution in [0.25, 0.3) is 0 Å². The number of aromatic nitrogens is 2. The number of nitrogens with two attached hydrogens (primary N) is 1. The second-order valence-electron chi connectivity index (χ2n) is 5.19. The molecule has 0 amide bonds. The molecule has 0 unspecified atom stereocenters. The summed E-state index contributed by atoms with van der Waals surface area (Å²) in [5.74, 6) is 1.08. The Labute approximate surface area is 115 Å². The highest BCUT2D eigenvalue weighted by Crippen LogP contribution is 2.19. The standard InChI is InChI=1S/C16H23N3/c1-11-6-5-7-14(12(11)2)10-15-13(3)18-16(8-9-17)19(15)4/h5-7H,8-10,17H2,1-4H3.